The first-order chi connectivity index (χ1) is 8.89. The van der Waals surface area contributed by atoms with Crippen LogP contribution in [0.3, 0.4) is 0 Å². The Labute approximate surface area is 111 Å². The number of rotatable bonds is 4. The van der Waals surface area contributed by atoms with E-state index in [0.29, 0.717) is 11.5 Å². The molecule has 2 rings (SSSR count). The number of nitrogens with zero attached hydrogens (tertiary/aromatic N) is 3. The summed E-state index contributed by atoms with van der Waals surface area (Å²) >= 11 is 0. The Morgan fingerprint density at radius 3 is 2.63 bits per heavy atom. The molecule has 3 N–H and O–H groups in total. The van der Waals surface area contributed by atoms with Gasteiger partial charge in [-0.15, -0.1) is 10.2 Å². The first-order valence-electron chi connectivity index (χ1n) is 5.62. The Morgan fingerprint density at radius 2 is 2.05 bits per heavy atom. The van der Waals surface area contributed by atoms with E-state index in [1.54, 1.807) is 29.1 Å². The van der Waals surface area contributed by atoms with Crippen LogP contribution in [0.5, 0.6) is 0 Å². The molecule has 1 heterocycles. The summed E-state index contributed by atoms with van der Waals surface area (Å²) in [6.07, 6.45) is 1.58. The molecule has 1 atom stereocenters. The summed E-state index contributed by atoms with van der Waals surface area (Å²) in [4.78, 5) is 0.0593. The van der Waals surface area contributed by atoms with Crippen molar-refractivity contribution in [3.8, 4) is 0 Å². The van der Waals surface area contributed by atoms with Gasteiger partial charge >= 0.3 is 0 Å². The third-order valence-corrected chi connectivity index (χ3v) is 3.67. The average molecular weight is 281 g/mol. The van der Waals surface area contributed by atoms with E-state index in [2.05, 4.69) is 15.5 Å². The maximum Gasteiger partial charge on any atom is 0.240 e. The highest BCUT2D eigenvalue weighted by atomic mass is 32.2. The number of nitrogens with two attached hydrogens (primary N) is 1. The fourth-order valence-electron chi connectivity index (χ4n) is 1.82. The quantitative estimate of drug-likeness (QED) is 0.855. The van der Waals surface area contributed by atoms with Gasteiger partial charge in [0, 0.05) is 7.05 Å². The molecule has 7 nitrogen and oxygen atoms in total. The van der Waals surface area contributed by atoms with Crippen LogP contribution in [0.15, 0.2) is 35.5 Å². The first-order valence-corrected chi connectivity index (χ1v) is 7.16. The second kappa shape index (κ2) is 4.98. The Morgan fingerprint density at radius 1 is 1.37 bits per heavy atom. The number of nitrogens with one attached hydrogen (secondary N) is 1. The van der Waals surface area contributed by atoms with Gasteiger partial charge in [0.25, 0.3) is 0 Å². The standard InChI is InChI=1S/C11H15N5O2S/c1-8(11-15-13-7-16(11)2)14-9-5-3-4-6-10(9)19(12,17)18/h3-8,14H,1-2H3,(H2,12,17,18). The van der Waals surface area contributed by atoms with Crippen LogP contribution < -0.4 is 10.5 Å². The van der Waals surface area contributed by atoms with Crippen LogP contribution >= 0.6 is 0 Å². The lowest BCUT2D eigenvalue weighted by Crippen LogP contribution is -2.17. The largest absolute Gasteiger partial charge is 0.374 e. The molecular weight excluding hydrogens is 266 g/mol. The third-order valence-electron chi connectivity index (χ3n) is 2.70. The van der Waals surface area contributed by atoms with Crippen molar-refractivity contribution in [2.24, 2.45) is 12.2 Å². The van der Waals surface area contributed by atoms with Crippen molar-refractivity contribution >= 4 is 15.7 Å². The molecule has 0 amide bonds. The summed E-state index contributed by atoms with van der Waals surface area (Å²) in [5, 5.41) is 16.0. The highest BCUT2D eigenvalue weighted by molar-refractivity contribution is 7.89. The van der Waals surface area contributed by atoms with E-state index in [9.17, 15) is 8.42 Å². The molecule has 0 fully saturated rings. The topological polar surface area (TPSA) is 103 Å². The number of anilines is 1. The van der Waals surface area contributed by atoms with Gasteiger partial charge < -0.3 is 9.88 Å². The Bertz CT molecular complexity index is 680. The van der Waals surface area contributed by atoms with E-state index in [1.807, 2.05) is 14.0 Å². The summed E-state index contributed by atoms with van der Waals surface area (Å²) in [5.74, 6) is 0.698. The zero-order chi connectivity index (χ0) is 14.0. The van der Waals surface area contributed by atoms with Crippen LogP contribution in [0.1, 0.15) is 18.8 Å². The Kier molecular flexibility index (Phi) is 3.54. The van der Waals surface area contributed by atoms with E-state index in [0.717, 1.165) is 0 Å². The highest BCUT2D eigenvalue weighted by Gasteiger charge is 2.17. The number of hydrogen-bond donors (Lipinski definition) is 2. The maximum atomic E-state index is 11.5. The summed E-state index contributed by atoms with van der Waals surface area (Å²) in [6, 6.07) is 6.28. The summed E-state index contributed by atoms with van der Waals surface area (Å²) in [7, 11) is -1.94. The van der Waals surface area contributed by atoms with Gasteiger partial charge in [-0.1, -0.05) is 12.1 Å². The minimum atomic E-state index is -3.76. The molecule has 0 saturated carbocycles. The number of benzene rings is 1. The van der Waals surface area contributed by atoms with Crippen LogP contribution in [0.2, 0.25) is 0 Å². The molecular formula is C11H15N5O2S. The molecule has 0 bridgehead atoms. The average Bonchev–Trinajstić information content (AvgIpc) is 2.75. The van der Waals surface area contributed by atoms with Crippen molar-refractivity contribution in [2.75, 3.05) is 5.32 Å². The van der Waals surface area contributed by atoms with Crippen molar-refractivity contribution in [3.05, 3.63) is 36.4 Å². The minimum absolute atomic E-state index is 0.0593. The van der Waals surface area contributed by atoms with Crippen LogP contribution in [0.4, 0.5) is 5.69 Å². The SMILES string of the molecule is CC(Nc1ccccc1S(N)(=O)=O)c1nncn1C. The van der Waals surface area contributed by atoms with Crippen LogP contribution in [-0.2, 0) is 17.1 Å². The maximum absolute atomic E-state index is 11.5. The van der Waals surface area contributed by atoms with Crippen molar-refractivity contribution in [1.29, 1.82) is 0 Å². The monoisotopic (exact) mass is 281 g/mol. The molecule has 1 aromatic heterocycles. The Hall–Kier alpha value is -1.93. The van der Waals surface area contributed by atoms with Gasteiger partial charge in [0.2, 0.25) is 10.0 Å². The van der Waals surface area contributed by atoms with E-state index in [-0.39, 0.29) is 10.9 Å². The second-order valence-corrected chi connectivity index (χ2v) is 5.74. The normalized spacial score (nSPS) is 13.2. The predicted octanol–water partition coefficient (Wildman–Crippen LogP) is 0.636. The zero-order valence-electron chi connectivity index (χ0n) is 10.6. The second-order valence-electron chi connectivity index (χ2n) is 4.21. The van der Waals surface area contributed by atoms with Gasteiger partial charge in [-0.2, -0.15) is 0 Å². The lowest BCUT2D eigenvalue weighted by Gasteiger charge is -2.16. The third kappa shape index (κ3) is 2.91. The molecule has 0 aliphatic rings. The van der Waals surface area contributed by atoms with Crippen LogP contribution in [0, 0.1) is 0 Å². The van der Waals surface area contributed by atoms with Gasteiger partial charge in [0.15, 0.2) is 5.82 Å². The summed E-state index contributed by atoms with van der Waals surface area (Å²) < 4.78 is 24.7. The molecule has 2 aromatic rings. The van der Waals surface area contributed by atoms with E-state index >= 15 is 0 Å². The van der Waals surface area contributed by atoms with Crippen LogP contribution in [-0.4, -0.2) is 23.2 Å². The number of primary sulfonamides is 1. The molecule has 8 heteroatoms. The zero-order valence-corrected chi connectivity index (χ0v) is 11.4. The van der Waals surface area contributed by atoms with Crippen molar-refractivity contribution in [2.45, 2.75) is 17.9 Å². The van der Waals surface area contributed by atoms with Crippen molar-refractivity contribution in [1.82, 2.24) is 14.8 Å². The van der Waals surface area contributed by atoms with Gasteiger partial charge in [0.1, 0.15) is 11.2 Å². The van der Waals surface area contributed by atoms with Crippen molar-refractivity contribution in [3.63, 3.8) is 0 Å². The lowest BCUT2D eigenvalue weighted by atomic mass is 10.2. The minimum Gasteiger partial charge on any atom is -0.374 e. The molecule has 102 valence electrons. The molecule has 0 aliphatic heterocycles. The van der Waals surface area contributed by atoms with E-state index in [4.69, 9.17) is 5.14 Å². The van der Waals surface area contributed by atoms with E-state index < -0.39 is 10.0 Å². The fourth-order valence-corrected chi connectivity index (χ4v) is 2.52. The van der Waals surface area contributed by atoms with Crippen LogP contribution in [0.25, 0.3) is 0 Å². The van der Waals surface area contributed by atoms with E-state index in [1.165, 1.54) is 6.07 Å². The number of aromatic nitrogens is 3. The molecule has 0 saturated heterocycles. The number of para-hydroxylation sites is 1. The number of aryl methyl sites for hydroxylation is 1. The van der Waals surface area contributed by atoms with Gasteiger partial charge in [0.05, 0.1) is 11.7 Å². The molecule has 0 radical (unpaired) electrons. The fraction of sp³-hybridized carbons (Fsp3) is 0.273. The summed E-state index contributed by atoms with van der Waals surface area (Å²) in [5.41, 5.74) is 0.445. The lowest BCUT2D eigenvalue weighted by molar-refractivity contribution is 0.597. The predicted molar refractivity (Wildman–Crippen MR) is 70.9 cm³/mol. The van der Waals surface area contributed by atoms with Gasteiger partial charge in [-0.3, -0.25) is 0 Å². The smallest absolute Gasteiger partial charge is 0.240 e. The van der Waals surface area contributed by atoms with Gasteiger partial charge in [-0.05, 0) is 19.1 Å². The molecule has 1 aromatic carbocycles. The highest BCUT2D eigenvalue weighted by Crippen LogP contribution is 2.23. The van der Waals surface area contributed by atoms with Crippen molar-refractivity contribution < 1.29 is 8.42 Å². The summed E-state index contributed by atoms with van der Waals surface area (Å²) in [6.45, 7) is 1.87. The first kappa shape index (κ1) is 13.5. The number of sulfonamides is 1. The Balaban J connectivity index is 2.32. The molecule has 0 aliphatic carbocycles. The molecule has 1 unspecified atom stereocenters. The number of hydrogen-bond acceptors (Lipinski definition) is 5. The van der Waals surface area contributed by atoms with Gasteiger partial charge in [-0.25, -0.2) is 13.6 Å². The molecule has 0 spiro atoms. The molecule has 19 heavy (non-hydrogen) atoms.